The molecule has 5 nitrogen and oxygen atoms in total. The Morgan fingerprint density at radius 3 is 1.70 bits per heavy atom. The third-order valence-electron chi connectivity index (χ3n) is 0.409. The van der Waals surface area contributed by atoms with Crippen LogP contribution in [0.3, 0.4) is 0 Å². The first-order chi connectivity index (χ1) is 4.73. The van der Waals surface area contributed by atoms with E-state index in [-0.39, 0.29) is 5.11 Å². The second-order valence-electron chi connectivity index (χ2n) is 1.21. The molecule has 0 spiro atoms. The summed E-state index contributed by atoms with van der Waals surface area (Å²) in [5.74, 6) is 0. The van der Waals surface area contributed by atoms with Gasteiger partial charge in [-0.3, -0.25) is 0 Å². The minimum atomic E-state index is 0.000000000000000222. The molecule has 1 heterocycles. The fourth-order valence-corrected chi connectivity index (χ4v) is 0.205. The fourth-order valence-electron chi connectivity index (χ4n) is 0.205. The van der Waals surface area contributed by atoms with Gasteiger partial charge in [-0.15, -0.1) is 10.2 Å². The van der Waals surface area contributed by atoms with Crippen molar-refractivity contribution in [1.82, 2.24) is 15.4 Å². The summed E-state index contributed by atoms with van der Waals surface area (Å²) in [6.45, 7) is 0. The van der Waals surface area contributed by atoms with Crippen molar-refractivity contribution < 1.29 is 0 Å². The van der Waals surface area contributed by atoms with E-state index in [0.29, 0.717) is 0 Å². The first kappa shape index (κ1) is 8.70. The molecule has 0 fully saturated rings. The molecule has 0 saturated heterocycles. The van der Waals surface area contributed by atoms with Crippen LogP contribution >= 0.6 is 12.2 Å². The molecule has 0 amide bonds. The van der Waals surface area contributed by atoms with Crippen molar-refractivity contribution in [3.05, 3.63) is 18.5 Å². The van der Waals surface area contributed by atoms with Crippen molar-refractivity contribution in [3.63, 3.8) is 0 Å². The lowest BCUT2D eigenvalue weighted by Crippen LogP contribution is -2.18. The van der Waals surface area contributed by atoms with Crippen LogP contribution in [0.5, 0.6) is 0 Å². The lowest BCUT2D eigenvalue weighted by Gasteiger charge is -1.68. The Hall–Kier alpha value is -1.30. The van der Waals surface area contributed by atoms with Crippen LogP contribution in [0.4, 0.5) is 0 Å². The minimum Gasteiger partial charge on any atom is -0.377 e. The van der Waals surface area contributed by atoms with E-state index in [0.717, 1.165) is 0 Å². The van der Waals surface area contributed by atoms with Crippen LogP contribution in [-0.4, -0.2) is 20.5 Å². The Bertz CT molecular complexity index is 146. The summed E-state index contributed by atoms with van der Waals surface area (Å²) < 4.78 is 0. The number of nitrogens with zero attached hydrogens (tertiary/aromatic N) is 3. The Morgan fingerprint density at radius 1 is 1.20 bits per heavy atom. The molecule has 0 aliphatic carbocycles. The highest BCUT2D eigenvalue weighted by atomic mass is 32.1. The van der Waals surface area contributed by atoms with Crippen LogP contribution in [0.2, 0.25) is 0 Å². The predicted octanol–water partition coefficient (Wildman–Crippen LogP) is -0.940. The Balaban J connectivity index is 0.000000180. The van der Waals surface area contributed by atoms with Crippen LogP contribution < -0.4 is 11.5 Å². The normalized spacial score (nSPS) is 7.20. The first-order valence-corrected chi connectivity index (χ1v) is 2.77. The van der Waals surface area contributed by atoms with Crippen molar-refractivity contribution in [2.75, 3.05) is 0 Å². The molecule has 0 atom stereocenters. The van der Waals surface area contributed by atoms with Crippen molar-refractivity contribution >= 4 is 17.3 Å². The Morgan fingerprint density at radius 2 is 1.60 bits per heavy atom. The molecule has 0 bridgehead atoms. The second-order valence-corrected chi connectivity index (χ2v) is 1.68. The molecule has 10 heavy (non-hydrogen) atoms. The second kappa shape index (κ2) is 5.83. The van der Waals surface area contributed by atoms with Gasteiger partial charge in [-0.05, 0) is 23.5 Å². The van der Waals surface area contributed by atoms with Crippen molar-refractivity contribution in [2.24, 2.45) is 11.5 Å². The molecule has 6 heteroatoms. The average Bonchev–Trinajstić information content (AvgIpc) is 1.90. The van der Waals surface area contributed by atoms with Gasteiger partial charge >= 0.3 is 0 Å². The summed E-state index contributed by atoms with van der Waals surface area (Å²) in [5.41, 5.74) is 9.24. The standard InChI is InChI=1S/C3H3N3.CH4N2S/c1-2-4-6-5-3-1;2-1(3)4/h1-3H;(H4,2,3,4). The SMILES string of the molecule is NC(N)=S.c1cnnnc1. The largest absolute Gasteiger partial charge is 0.377 e. The van der Waals surface area contributed by atoms with Crippen LogP contribution in [-0.2, 0) is 0 Å². The molecular formula is C4H7N5S. The number of hydrogen-bond donors (Lipinski definition) is 2. The van der Waals surface area contributed by atoms with Crippen molar-refractivity contribution in [2.45, 2.75) is 0 Å². The van der Waals surface area contributed by atoms with Gasteiger partial charge in [-0.25, -0.2) is 0 Å². The van der Waals surface area contributed by atoms with E-state index in [9.17, 15) is 0 Å². The minimum absolute atomic E-state index is 0.000000000000000222. The summed E-state index contributed by atoms with van der Waals surface area (Å²) in [6.07, 6.45) is 3.15. The number of nitrogens with two attached hydrogens (primary N) is 2. The molecule has 0 aliphatic rings. The summed E-state index contributed by atoms with van der Waals surface area (Å²) in [7, 11) is 0. The average molecular weight is 157 g/mol. The molecule has 1 rings (SSSR count). The van der Waals surface area contributed by atoms with Gasteiger partial charge in [0.2, 0.25) is 0 Å². The van der Waals surface area contributed by atoms with Gasteiger partial charge in [0.1, 0.15) is 0 Å². The van der Waals surface area contributed by atoms with Crippen molar-refractivity contribution in [3.8, 4) is 0 Å². The molecule has 0 saturated carbocycles. The van der Waals surface area contributed by atoms with E-state index >= 15 is 0 Å². The van der Waals surface area contributed by atoms with E-state index < -0.39 is 0 Å². The summed E-state index contributed by atoms with van der Waals surface area (Å²) in [4.78, 5) is 0. The van der Waals surface area contributed by atoms with Crippen LogP contribution in [0.25, 0.3) is 0 Å². The molecule has 4 N–H and O–H groups in total. The highest BCUT2D eigenvalue weighted by Gasteiger charge is 1.60. The zero-order chi connectivity index (χ0) is 7.82. The number of hydrogen-bond acceptors (Lipinski definition) is 4. The summed E-state index contributed by atoms with van der Waals surface area (Å²) in [5, 5.41) is 10.1. The molecule has 0 radical (unpaired) electrons. The number of thiocarbonyl (C=S) groups is 1. The molecular weight excluding hydrogens is 150 g/mol. The van der Waals surface area contributed by atoms with E-state index in [2.05, 4.69) is 39.1 Å². The summed E-state index contributed by atoms with van der Waals surface area (Å²) in [6, 6.07) is 1.72. The van der Waals surface area contributed by atoms with Crippen molar-refractivity contribution in [1.29, 1.82) is 0 Å². The lowest BCUT2D eigenvalue weighted by molar-refractivity contribution is 0.865. The topological polar surface area (TPSA) is 90.7 Å². The lowest BCUT2D eigenvalue weighted by atomic mass is 10.7. The van der Waals surface area contributed by atoms with Gasteiger partial charge in [0.05, 0.1) is 12.4 Å². The van der Waals surface area contributed by atoms with E-state index in [1.807, 2.05) is 0 Å². The molecule has 54 valence electrons. The van der Waals surface area contributed by atoms with Gasteiger partial charge in [0.25, 0.3) is 0 Å². The first-order valence-electron chi connectivity index (χ1n) is 2.36. The van der Waals surface area contributed by atoms with Gasteiger partial charge < -0.3 is 11.5 Å². The highest BCUT2D eigenvalue weighted by Crippen LogP contribution is 1.61. The van der Waals surface area contributed by atoms with Gasteiger partial charge in [0.15, 0.2) is 5.11 Å². The molecule has 1 aromatic heterocycles. The Kier molecular flexibility index (Phi) is 5.07. The Labute approximate surface area is 63.4 Å². The zero-order valence-corrected chi connectivity index (χ0v) is 5.95. The predicted molar refractivity (Wildman–Crippen MR) is 40.8 cm³/mol. The third kappa shape index (κ3) is 9.85. The maximum Gasteiger partial charge on any atom is 0.160 e. The molecule has 0 unspecified atom stereocenters. The van der Waals surface area contributed by atoms with E-state index in [4.69, 9.17) is 0 Å². The van der Waals surface area contributed by atoms with Gasteiger partial charge in [-0.2, -0.15) is 0 Å². The van der Waals surface area contributed by atoms with Gasteiger partial charge in [0, 0.05) is 0 Å². The smallest absolute Gasteiger partial charge is 0.160 e. The fraction of sp³-hybridized carbons (Fsp3) is 0. The van der Waals surface area contributed by atoms with Gasteiger partial charge in [-0.1, -0.05) is 0 Å². The molecule has 1 aromatic rings. The number of rotatable bonds is 0. The van der Waals surface area contributed by atoms with Crippen LogP contribution in [0.1, 0.15) is 0 Å². The van der Waals surface area contributed by atoms with Crippen LogP contribution in [0, 0.1) is 0 Å². The maximum absolute atomic E-state index is 4.62. The quantitative estimate of drug-likeness (QED) is 0.472. The third-order valence-corrected chi connectivity index (χ3v) is 0.409. The van der Waals surface area contributed by atoms with Crippen LogP contribution in [0.15, 0.2) is 18.5 Å². The van der Waals surface area contributed by atoms with E-state index in [1.54, 1.807) is 18.5 Å². The maximum atomic E-state index is 4.62. The molecule has 0 aromatic carbocycles. The highest BCUT2D eigenvalue weighted by molar-refractivity contribution is 7.80. The van der Waals surface area contributed by atoms with E-state index in [1.165, 1.54) is 0 Å². The molecule has 0 aliphatic heterocycles. The summed E-state index contributed by atoms with van der Waals surface area (Å²) >= 11 is 4.09. The number of aromatic nitrogens is 3. The zero-order valence-electron chi connectivity index (χ0n) is 5.14. The monoisotopic (exact) mass is 157 g/mol.